The second-order valence-electron chi connectivity index (χ2n) is 5.03. The molecule has 4 heteroatoms. The zero-order chi connectivity index (χ0) is 14.7. The van der Waals surface area contributed by atoms with Crippen molar-refractivity contribution in [3.8, 4) is 0 Å². The Morgan fingerprint density at radius 3 is 2.50 bits per heavy atom. The maximum atomic E-state index is 11.1. The first kappa shape index (κ1) is 14.2. The van der Waals surface area contributed by atoms with Crippen LogP contribution in [0.2, 0.25) is 0 Å². The Labute approximate surface area is 119 Å². The van der Waals surface area contributed by atoms with E-state index in [2.05, 4.69) is 17.6 Å². The molecule has 0 aliphatic carbocycles. The van der Waals surface area contributed by atoms with Gasteiger partial charge in [-0.25, -0.2) is 0 Å². The molecule has 1 heterocycles. The average molecular weight is 272 g/mol. The first-order valence-electron chi connectivity index (χ1n) is 6.67. The average Bonchev–Trinajstić information content (AvgIpc) is 2.79. The lowest BCUT2D eigenvalue weighted by atomic mass is 10.1. The fourth-order valence-corrected chi connectivity index (χ4v) is 2.09. The van der Waals surface area contributed by atoms with Gasteiger partial charge in [0.05, 0.1) is 6.04 Å². The van der Waals surface area contributed by atoms with E-state index in [1.54, 1.807) is 0 Å². The lowest BCUT2D eigenvalue weighted by Gasteiger charge is -2.15. The molecule has 20 heavy (non-hydrogen) atoms. The zero-order valence-corrected chi connectivity index (χ0v) is 12.3. The minimum Gasteiger partial charge on any atom is -0.464 e. The summed E-state index contributed by atoms with van der Waals surface area (Å²) in [7, 11) is 0. The van der Waals surface area contributed by atoms with Gasteiger partial charge in [-0.2, -0.15) is 0 Å². The lowest BCUT2D eigenvalue weighted by Crippen LogP contribution is -2.09. The molecule has 0 saturated heterocycles. The summed E-state index contributed by atoms with van der Waals surface area (Å²) in [5.74, 6) is 1.75. The van der Waals surface area contributed by atoms with Crippen molar-refractivity contribution in [3.05, 3.63) is 47.4 Å². The third-order valence-electron chi connectivity index (χ3n) is 3.11. The van der Waals surface area contributed by atoms with E-state index < -0.39 is 0 Å². The van der Waals surface area contributed by atoms with E-state index in [9.17, 15) is 4.79 Å². The SMILES string of the molecule is CC(=O)Nc1ccc(NC(C)c2ccc(C)o2)cc1C. The molecule has 1 aromatic carbocycles. The predicted octanol–water partition coefficient (Wildman–Crippen LogP) is 4.03. The van der Waals surface area contributed by atoms with Crippen LogP contribution in [0, 0.1) is 13.8 Å². The molecule has 0 aliphatic rings. The Morgan fingerprint density at radius 1 is 1.20 bits per heavy atom. The van der Waals surface area contributed by atoms with Crippen LogP contribution in [0.5, 0.6) is 0 Å². The normalized spacial score (nSPS) is 12.0. The summed E-state index contributed by atoms with van der Waals surface area (Å²) in [4.78, 5) is 11.1. The highest BCUT2D eigenvalue weighted by Gasteiger charge is 2.10. The molecule has 2 aromatic rings. The third-order valence-corrected chi connectivity index (χ3v) is 3.11. The van der Waals surface area contributed by atoms with Crippen LogP contribution in [-0.2, 0) is 4.79 Å². The number of aryl methyl sites for hydroxylation is 2. The van der Waals surface area contributed by atoms with E-state index in [0.29, 0.717) is 0 Å². The van der Waals surface area contributed by atoms with Crippen molar-refractivity contribution in [3.63, 3.8) is 0 Å². The topological polar surface area (TPSA) is 54.3 Å². The summed E-state index contributed by atoms with van der Waals surface area (Å²) in [5.41, 5.74) is 2.86. The summed E-state index contributed by atoms with van der Waals surface area (Å²) in [6.07, 6.45) is 0. The number of amides is 1. The van der Waals surface area contributed by atoms with Crippen LogP contribution in [0.15, 0.2) is 34.7 Å². The molecule has 0 fully saturated rings. The molecule has 0 saturated carbocycles. The van der Waals surface area contributed by atoms with Crippen molar-refractivity contribution in [2.75, 3.05) is 10.6 Å². The van der Waals surface area contributed by atoms with Crippen LogP contribution in [0.4, 0.5) is 11.4 Å². The summed E-state index contributed by atoms with van der Waals surface area (Å²) >= 11 is 0. The minimum atomic E-state index is -0.0618. The molecule has 0 bridgehead atoms. The first-order chi connectivity index (χ1) is 9.45. The second kappa shape index (κ2) is 5.82. The highest BCUT2D eigenvalue weighted by Crippen LogP contribution is 2.24. The second-order valence-corrected chi connectivity index (χ2v) is 5.03. The number of carbonyl (C=O) groups is 1. The highest BCUT2D eigenvalue weighted by atomic mass is 16.3. The van der Waals surface area contributed by atoms with Crippen LogP contribution in [0.1, 0.15) is 37.0 Å². The Morgan fingerprint density at radius 2 is 1.95 bits per heavy atom. The summed E-state index contributed by atoms with van der Waals surface area (Å²) in [5, 5.41) is 6.19. The number of furan rings is 1. The van der Waals surface area contributed by atoms with Gasteiger partial charge in [0.1, 0.15) is 11.5 Å². The van der Waals surface area contributed by atoms with Crippen molar-refractivity contribution < 1.29 is 9.21 Å². The van der Waals surface area contributed by atoms with E-state index in [0.717, 1.165) is 28.5 Å². The third kappa shape index (κ3) is 3.41. The first-order valence-corrected chi connectivity index (χ1v) is 6.67. The van der Waals surface area contributed by atoms with E-state index in [1.807, 2.05) is 44.2 Å². The Hall–Kier alpha value is -2.23. The Balaban J connectivity index is 2.10. The van der Waals surface area contributed by atoms with Crippen LogP contribution >= 0.6 is 0 Å². The molecule has 106 valence electrons. The quantitative estimate of drug-likeness (QED) is 0.883. The molecule has 1 atom stereocenters. The van der Waals surface area contributed by atoms with Gasteiger partial charge >= 0.3 is 0 Å². The number of rotatable bonds is 4. The van der Waals surface area contributed by atoms with E-state index in [-0.39, 0.29) is 11.9 Å². The minimum absolute atomic E-state index is 0.0618. The van der Waals surface area contributed by atoms with Crippen LogP contribution in [0.25, 0.3) is 0 Å². The number of hydrogen-bond acceptors (Lipinski definition) is 3. The van der Waals surface area contributed by atoms with E-state index in [1.165, 1.54) is 6.92 Å². The van der Waals surface area contributed by atoms with E-state index in [4.69, 9.17) is 4.42 Å². The molecule has 4 nitrogen and oxygen atoms in total. The maximum Gasteiger partial charge on any atom is 0.221 e. The van der Waals surface area contributed by atoms with Gasteiger partial charge in [0.2, 0.25) is 5.91 Å². The van der Waals surface area contributed by atoms with Gasteiger partial charge in [-0.15, -0.1) is 0 Å². The lowest BCUT2D eigenvalue weighted by molar-refractivity contribution is -0.114. The molecular weight excluding hydrogens is 252 g/mol. The largest absolute Gasteiger partial charge is 0.464 e. The number of nitrogens with one attached hydrogen (secondary N) is 2. The monoisotopic (exact) mass is 272 g/mol. The van der Waals surface area contributed by atoms with Crippen LogP contribution in [-0.4, -0.2) is 5.91 Å². The number of hydrogen-bond donors (Lipinski definition) is 2. The fourth-order valence-electron chi connectivity index (χ4n) is 2.09. The van der Waals surface area contributed by atoms with Crippen molar-refractivity contribution in [2.24, 2.45) is 0 Å². The summed E-state index contributed by atoms with van der Waals surface area (Å²) in [6, 6.07) is 9.89. The molecule has 2 N–H and O–H groups in total. The van der Waals surface area contributed by atoms with Crippen LogP contribution in [0.3, 0.4) is 0 Å². The molecule has 1 aromatic heterocycles. The molecule has 1 unspecified atom stereocenters. The molecular formula is C16H20N2O2. The molecule has 0 spiro atoms. The van der Waals surface area contributed by atoms with Gasteiger partial charge < -0.3 is 15.1 Å². The van der Waals surface area contributed by atoms with Crippen molar-refractivity contribution in [1.82, 2.24) is 0 Å². The molecule has 0 aliphatic heterocycles. The van der Waals surface area contributed by atoms with Crippen LogP contribution < -0.4 is 10.6 Å². The Bertz CT molecular complexity index is 617. The molecule has 0 radical (unpaired) electrons. The van der Waals surface area contributed by atoms with Gasteiger partial charge in [0.25, 0.3) is 0 Å². The predicted molar refractivity (Wildman–Crippen MR) is 81.0 cm³/mol. The number of carbonyl (C=O) groups excluding carboxylic acids is 1. The Kier molecular flexibility index (Phi) is 4.13. The number of anilines is 2. The van der Waals surface area contributed by atoms with Gasteiger partial charge in [0, 0.05) is 18.3 Å². The zero-order valence-electron chi connectivity index (χ0n) is 12.3. The van der Waals surface area contributed by atoms with Gasteiger partial charge in [-0.05, 0) is 56.7 Å². The highest BCUT2D eigenvalue weighted by molar-refractivity contribution is 5.89. The summed E-state index contributed by atoms with van der Waals surface area (Å²) < 4.78 is 5.60. The standard InChI is InChI=1S/C16H20N2O2/c1-10-9-14(6-7-15(10)18-13(4)19)17-12(3)16-8-5-11(2)20-16/h5-9,12,17H,1-4H3,(H,18,19). The van der Waals surface area contributed by atoms with E-state index >= 15 is 0 Å². The van der Waals surface area contributed by atoms with Gasteiger partial charge in [-0.1, -0.05) is 0 Å². The number of benzene rings is 1. The molecule has 1 amide bonds. The smallest absolute Gasteiger partial charge is 0.221 e. The van der Waals surface area contributed by atoms with Crippen molar-refractivity contribution in [2.45, 2.75) is 33.7 Å². The van der Waals surface area contributed by atoms with Gasteiger partial charge in [-0.3, -0.25) is 4.79 Å². The summed E-state index contributed by atoms with van der Waals surface area (Å²) in [6.45, 7) is 7.46. The maximum absolute atomic E-state index is 11.1. The van der Waals surface area contributed by atoms with Crippen molar-refractivity contribution in [1.29, 1.82) is 0 Å². The van der Waals surface area contributed by atoms with Gasteiger partial charge in [0.15, 0.2) is 0 Å². The molecule has 2 rings (SSSR count). The van der Waals surface area contributed by atoms with Crippen molar-refractivity contribution >= 4 is 17.3 Å². The fraction of sp³-hybridized carbons (Fsp3) is 0.312.